The Morgan fingerprint density at radius 3 is 2.69 bits per heavy atom. The summed E-state index contributed by atoms with van der Waals surface area (Å²) in [6.07, 6.45) is 1.57. The van der Waals surface area contributed by atoms with Gasteiger partial charge in [-0.1, -0.05) is 29.3 Å². The molecule has 0 atom stereocenters. The highest BCUT2D eigenvalue weighted by atomic mass is 35.5. The summed E-state index contributed by atoms with van der Waals surface area (Å²) in [6, 6.07) is 8.31. The second-order valence-electron chi connectivity index (χ2n) is 3.27. The Hall–Kier alpha value is -1.32. The fourth-order valence-corrected chi connectivity index (χ4v) is 1.64. The minimum Gasteiger partial charge on any atom is -0.268 e. The molecule has 0 saturated carbocycles. The van der Waals surface area contributed by atoms with E-state index in [1.54, 1.807) is 24.4 Å². The average Bonchev–Trinajstić information content (AvgIpc) is 2.27. The SMILES string of the molecule is O=c1cccnn1Cc1ccc(Cl)c(Cl)c1. The molecule has 0 saturated heterocycles. The fourth-order valence-electron chi connectivity index (χ4n) is 1.32. The minimum absolute atomic E-state index is 0.145. The predicted molar refractivity (Wildman–Crippen MR) is 64.1 cm³/mol. The van der Waals surface area contributed by atoms with E-state index in [1.807, 2.05) is 6.07 Å². The van der Waals surface area contributed by atoms with Crippen molar-refractivity contribution in [2.75, 3.05) is 0 Å². The molecule has 0 bridgehead atoms. The average molecular weight is 255 g/mol. The molecule has 0 spiro atoms. The zero-order chi connectivity index (χ0) is 11.5. The van der Waals surface area contributed by atoms with E-state index in [1.165, 1.54) is 10.7 Å². The quantitative estimate of drug-likeness (QED) is 0.826. The van der Waals surface area contributed by atoms with Crippen molar-refractivity contribution in [2.24, 2.45) is 0 Å². The van der Waals surface area contributed by atoms with E-state index in [-0.39, 0.29) is 5.56 Å². The van der Waals surface area contributed by atoms with Gasteiger partial charge in [-0.25, -0.2) is 4.68 Å². The zero-order valence-corrected chi connectivity index (χ0v) is 9.74. The summed E-state index contributed by atoms with van der Waals surface area (Å²) >= 11 is 11.7. The second-order valence-corrected chi connectivity index (χ2v) is 4.08. The smallest absolute Gasteiger partial charge is 0.267 e. The molecule has 0 N–H and O–H groups in total. The maximum Gasteiger partial charge on any atom is 0.267 e. The van der Waals surface area contributed by atoms with E-state index in [0.717, 1.165) is 5.56 Å². The van der Waals surface area contributed by atoms with Crippen LogP contribution in [-0.4, -0.2) is 9.78 Å². The molecule has 16 heavy (non-hydrogen) atoms. The summed E-state index contributed by atoms with van der Waals surface area (Å²) in [4.78, 5) is 11.4. The first-order valence-corrected chi connectivity index (χ1v) is 5.38. The number of nitrogens with zero attached hydrogens (tertiary/aromatic N) is 2. The van der Waals surface area contributed by atoms with Crippen molar-refractivity contribution in [1.29, 1.82) is 0 Å². The van der Waals surface area contributed by atoms with Crippen LogP contribution in [0.15, 0.2) is 41.3 Å². The molecule has 2 aromatic rings. The maximum atomic E-state index is 11.4. The van der Waals surface area contributed by atoms with Crippen molar-refractivity contribution in [3.63, 3.8) is 0 Å². The second kappa shape index (κ2) is 4.68. The first kappa shape index (κ1) is 11.2. The van der Waals surface area contributed by atoms with E-state index < -0.39 is 0 Å². The summed E-state index contributed by atoms with van der Waals surface area (Å²) < 4.78 is 1.36. The Labute approximate surface area is 102 Å². The number of benzene rings is 1. The normalized spacial score (nSPS) is 10.4. The Morgan fingerprint density at radius 2 is 2.00 bits per heavy atom. The van der Waals surface area contributed by atoms with Gasteiger partial charge in [0.25, 0.3) is 5.56 Å². The van der Waals surface area contributed by atoms with Crippen LogP contribution >= 0.6 is 23.2 Å². The molecule has 3 nitrogen and oxygen atoms in total. The lowest BCUT2D eigenvalue weighted by atomic mass is 10.2. The van der Waals surface area contributed by atoms with Gasteiger partial charge in [0.2, 0.25) is 0 Å². The Bertz CT molecular complexity index is 566. The number of hydrogen-bond acceptors (Lipinski definition) is 2. The molecule has 5 heteroatoms. The summed E-state index contributed by atoms with van der Waals surface area (Å²) in [5.41, 5.74) is 0.740. The van der Waals surface area contributed by atoms with Gasteiger partial charge in [0.15, 0.2) is 0 Å². The van der Waals surface area contributed by atoms with Crippen LogP contribution in [0.1, 0.15) is 5.56 Å². The summed E-state index contributed by atoms with van der Waals surface area (Å²) in [5, 5.41) is 4.93. The van der Waals surface area contributed by atoms with Crippen LogP contribution in [0.5, 0.6) is 0 Å². The van der Waals surface area contributed by atoms with Gasteiger partial charge in [0, 0.05) is 12.3 Å². The van der Waals surface area contributed by atoms with Crippen molar-refractivity contribution < 1.29 is 0 Å². The highest BCUT2D eigenvalue weighted by molar-refractivity contribution is 6.42. The van der Waals surface area contributed by atoms with Gasteiger partial charge in [-0.3, -0.25) is 4.79 Å². The molecule has 1 heterocycles. The van der Waals surface area contributed by atoms with Gasteiger partial charge in [-0.05, 0) is 23.8 Å². The van der Waals surface area contributed by atoms with Gasteiger partial charge in [0.05, 0.1) is 16.6 Å². The molecular weight excluding hydrogens is 247 g/mol. The summed E-state index contributed by atoms with van der Waals surface area (Å²) in [5.74, 6) is 0. The zero-order valence-electron chi connectivity index (χ0n) is 8.23. The molecule has 1 aromatic heterocycles. The van der Waals surface area contributed by atoms with Crippen molar-refractivity contribution in [3.05, 3.63) is 62.5 Å². The monoisotopic (exact) mass is 254 g/mol. The van der Waals surface area contributed by atoms with Crippen molar-refractivity contribution >= 4 is 23.2 Å². The Balaban J connectivity index is 2.31. The van der Waals surface area contributed by atoms with Crippen LogP contribution in [0.3, 0.4) is 0 Å². The maximum absolute atomic E-state index is 11.4. The fraction of sp³-hybridized carbons (Fsp3) is 0.0909. The molecule has 2 rings (SSSR count). The molecule has 0 unspecified atom stereocenters. The lowest BCUT2D eigenvalue weighted by Gasteiger charge is -2.04. The highest BCUT2D eigenvalue weighted by Gasteiger charge is 2.01. The highest BCUT2D eigenvalue weighted by Crippen LogP contribution is 2.22. The molecule has 0 radical (unpaired) electrons. The van der Waals surface area contributed by atoms with E-state index in [9.17, 15) is 4.79 Å². The standard InChI is InChI=1S/C11H8Cl2N2O/c12-9-4-3-8(6-10(9)13)7-15-11(16)2-1-5-14-15/h1-6H,7H2. The molecule has 0 fully saturated rings. The third-order valence-corrected chi connectivity index (χ3v) is 2.84. The lowest BCUT2D eigenvalue weighted by molar-refractivity contribution is 0.639. The van der Waals surface area contributed by atoms with Crippen molar-refractivity contribution in [1.82, 2.24) is 9.78 Å². The van der Waals surface area contributed by atoms with Gasteiger partial charge in [-0.2, -0.15) is 5.10 Å². The molecule has 82 valence electrons. The van der Waals surface area contributed by atoms with Crippen LogP contribution in [0.4, 0.5) is 0 Å². The van der Waals surface area contributed by atoms with Crippen molar-refractivity contribution in [3.8, 4) is 0 Å². The molecule has 1 aromatic carbocycles. The van der Waals surface area contributed by atoms with E-state index in [2.05, 4.69) is 5.10 Å². The van der Waals surface area contributed by atoms with Gasteiger partial charge in [0.1, 0.15) is 0 Å². The van der Waals surface area contributed by atoms with Crippen LogP contribution in [0, 0.1) is 0 Å². The third-order valence-electron chi connectivity index (χ3n) is 2.10. The van der Waals surface area contributed by atoms with E-state index in [0.29, 0.717) is 16.6 Å². The first-order valence-electron chi connectivity index (χ1n) is 4.63. The van der Waals surface area contributed by atoms with Gasteiger partial charge < -0.3 is 0 Å². The minimum atomic E-state index is -0.145. The van der Waals surface area contributed by atoms with Crippen LogP contribution in [0.25, 0.3) is 0 Å². The van der Waals surface area contributed by atoms with Crippen LogP contribution in [0.2, 0.25) is 10.0 Å². The van der Waals surface area contributed by atoms with E-state index >= 15 is 0 Å². The molecule has 0 aliphatic rings. The van der Waals surface area contributed by atoms with Gasteiger partial charge in [-0.15, -0.1) is 0 Å². The number of rotatable bonds is 2. The summed E-state index contributed by atoms with van der Waals surface area (Å²) in [7, 11) is 0. The lowest BCUT2D eigenvalue weighted by Crippen LogP contribution is -2.21. The first-order chi connectivity index (χ1) is 7.66. The van der Waals surface area contributed by atoms with Crippen LogP contribution < -0.4 is 5.56 Å². The van der Waals surface area contributed by atoms with Crippen molar-refractivity contribution in [2.45, 2.75) is 6.54 Å². The Kier molecular flexibility index (Phi) is 3.27. The molecule has 0 aliphatic heterocycles. The third kappa shape index (κ3) is 2.43. The Morgan fingerprint density at radius 1 is 1.19 bits per heavy atom. The van der Waals surface area contributed by atoms with Crippen LogP contribution in [-0.2, 0) is 6.54 Å². The molecular formula is C11H8Cl2N2O. The molecule has 0 aliphatic carbocycles. The number of halogens is 2. The number of hydrogen-bond donors (Lipinski definition) is 0. The largest absolute Gasteiger partial charge is 0.268 e. The summed E-state index contributed by atoms with van der Waals surface area (Å²) in [6.45, 7) is 0.385. The predicted octanol–water partition coefficient (Wildman–Crippen LogP) is 2.60. The molecule has 0 amide bonds. The van der Waals surface area contributed by atoms with E-state index in [4.69, 9.17) is 23.2 Å². The van der Waals surface area contributed by atoms with Gasteiger partial charge >= 0.3 is 0 Å². The number of aromatic nitrogens is 2. The topological polar surface area (TPSA) is 34.9 Å².